The number of rotatable bonds is 6. The summed E-state index contributed by atoms with van der Waals surface area (Å²) in [5.74, 6) is 0. The second-order valence-corrected chi connectivity index (χ2v) is 3.51. The molecule has 1 aromatic carbocycles. The van der Waals surface area contributed by atoms with Crippen molar-refractivity contribution in [2.45, 2.75) is 0 Å². The highest BCUT2D eigenvalue weighted by atomic mass is 16.5. The largest absolute Gasteiger partial charge is 0.424 e. The number of fused-ring (bicyclic) bond motifs is 1. The number of benzene rings is 1. The molecule has 2 rings (SSSR count). The molecule has 2 aromatic rings. The average Bonchev–Trinajstić information content (AvgIpc) is 2.70. The lowest BCUT2D eigenvalue weighted by Crippen LogP contribution is -2.11. The SMILES string of the molecule is Nc1ccc2oc(NCCOCCO)nc2c1. The topological polar surface area (TPSA) is 93.5 Å². The number of ether oxygens (including phenoxy) is 1. The summed E-state index contributed by atoms with van der Waals surface area (Å²) in [6.07, 6.45) is 0. The summed E-state index contributed by atoms with van der Waals surface area (Å²) in [5, 5.41) is 11.5. The first kappa shape index (κ1) is 11.7. The Labute approximate surface area is 98.4 Å². The summed E-state index contributed by atoms with van der Waals surface area (Å²) < 4.78 is 10.5. The van der Waals surface area contributed by atoms with Crippen LogP contribution in [0.4, 0.5) is 11.7 Å². The van der Waals surface area contributed by atoms with Crippen molar-refractivity contribution in [2.75, 3.05) is 37.4 Å². The molecule has 0 saturated carbocycles. The molecular weight excluding hydrogens is 222 g/mol. The molecule has 0 bridgehead atoms. The highest BCUT2D eigenvalue weighted by Crippen LogP contribution is 2.20. The second kappa shape index (κ2) is 5.51. The molecule has 0 saturated heterocycles. The number of hydrogen-bond acceptors (Lipinski definition) is 6. The zero-order valence-corrected chi connectivity index (χ0v) is 9.35. The third-order valence-corrected chi connectivity index (χ3v) is 2.17. The third-order valence-electron chi connectivity index (χ3n) is 2.17. The number of aliphatic hydroxyl groups excluding tert-OH is 1. The number of hydrogen-bond donors (Lipinski definition) is 3. The number of anilines is 2. The van der Waals surface area contributed by atoms with Crippen LogP contribution >= 0.6 is 0 Å². The smallest absolute Gasteiger partial charge is 0.295 e. The van der Waals surface area contributed by atoms with E-state index in [0.717, 1.165) is 5.52 Å². The Morgan fingerprint density at radius 2 is 2.29 bits per heavy atom. The van der Waals surface area contributed by atoms with Gasteiger partial charge in [0.25, 0.3) is 6.01 Å². The molecule has 0 amide bonds. The van der Waals surface area contributed by atoms with Crippen LogP contribution in [0.3, 0.4) is 0 Å². The Morgan fingerprint density at radius 3 is 3.12 bits per heavy atom. The van der Waals surface area contributed by atoms with E-state index in [0.29, 0.717) is 37.0 Å². The van der Waals surface area contributed by atoms with E-state index in [-0.39, 0.29) is 6.61 Å². The van der Waals surface area contributed by atoms with Crippen LogP contribution in [0.1, 0.15) is 0 Å². The Bertz CT molecular complexity index is 484. The predicted molar refractivity (Wildman–Crippen MR) is 64.8 cm³/mol. The molecular formula is C11H15N3O3. The van der Waals surface area contributed by atoms with Gasteiger partial charge in [-0.1, -0.05) is 0 Å². The molecule has 0 aliphatic heterocycles. The molecule has 0 atom stereocenters. The molecule has 0 spiro atoms. The lowest BCUT2D eigenvalue weighted by Gasteiger charge is -2.01. The number of nitrogens with one attached hydrogen (secondary N) is 1. The van der Waals surface area contributed by atoms with Crippen molar-refractivity contribution < 1.29 is 14.3 Å². The summed E-state index contributed by atoms with van der Waals surface area (Å²) in [6, 6.07) is 5.75. The molecule has 0 unspecified atom stereocenters. The molecule has 0 fully saturated rings. The van der Waals surface area contributed by atoms with Crippen molar-refractivity contribution in [2.24, 2.45) is 0 Å². The summed E-state index contributed by atoms with van der Waals surface area (Å²) in [7, 11) is 0. The first-order valence-corrected chi connectivity index (χ1v) is 5.38. The summed E-state index contributed by atoms with van der Waals surface area (Å²) in [5.41, 5.74) is 7.72. The van der Waals surface area contributed by atoms with Crippen LogP contribution in [0.15, 0.2) is 22.6 Å². The molecule has 0 aliphatic rings. The van der Waals surface area contributed by atoms with E-state index in [2.05, 4.69) is 10.3 Å². The Morgan fingerprint density at radius 1 is 1.41 bits per heavy atom. The number of aliphatic hydroxyl groups is 1. The number of nitrogen functional groups attached to an aromatic ring is 1. The Kier molecular flexibility index (Phi) is 3.79. The molecule has 1 heterocycles. The van der Waals surface area contributed by atoms with Gasteiger partial charge in [-0.05, 0) is 18.2 Å². The highest BCUT2D eigenvalue weighted by Gasteiger charge is 2.04. The van der Waals surface area contributed by atoms with Gasteiger partial charge in [0.15, 0.2) is 5.58 Å². The summed E-state index contributed by atoms with van der Waals surface area (Å²) in [4.78, 5) is 4.23. The molecule has 0 aliphatic carbocycles. The van der Waals surface area contributed by atoms with E-state index in [1.165, 1.54) is 0 Å². The monoisotopic (exact) mass is 237 g/mol. The van der Waals surface area contributed by atoms with Gasteiger partial charge >= 0.3 is 0 Å². The molecule has 17 heavy (non-hydrogen) atoms. The van der Waals surface area contributed by atoms with Crippen molar-refractivity contribution in [3.05, 3.63) is 18.2 Å². The minimum atomic E-state index is 0.0299. The fourth-order valence-corrected chi connectivity index (χ4v) is 1.42. The van der Waals surface area contributed by atoms with Gasteiger partial charge in [0.2, 0.25) is 0 Å². The number of nitrogens with two attached hydrogens (primary N) is 1. The lowest BCUT2D eigenvalue weighted by molar-refractivity contribution is 0.0990. The molecule has 6 heteroatoms. The summed E-state index contributed by atoms with van der Waals surface area (Å²) >= 11 is 0. The van der Waals surface area contributed by atoms with Crippen LogP contribution in [-0.2, 0) is 4.74 Å². The fraction of sp³-hybridized carbons (Fsp3) is 0.364. The highest BCUT2D eigenvalue weighted by molar-refractivity contribution is 5.78. The minimum Gasteiger partial charge on any atom is -0.424 e. The van der Waals surface area contributed by atoms with E-state index in [1.807, 2.05) is 0 Å². The van der Waals surface area contributed by atoms with Gasteiger partial charge in [0.05, 0.1) is 19.8 Å². The molecule has 0 radical (unpaired) electrons. The van der Waals surface area contributed by atoms with Crippen molar-refractivity contribution in [1.82, 2.24) is 4.98 Å². The van der Waals surface area contributed by atoms with Crippen molar-refractivity contribution >= 4 is 22.8 Å². The molecule has 4 N–H and O–H groups in total. The fourth-order valence-electron chi connectivity index (χ4n) is 1.42. The average molecular weight is 237 g/mol. The second-order valence-electron chi connectivity index (χ2n) is 3.51. The normalized spacial score (nSPS) is 10.9. The maximum absolute atomic E-state index is 8.52. The minimum absolute atomic E-state index is 0.0299. The van der Waals surface area contributed by atoms with Gasteiger partial charge < -0.3 is 25.3 Å². The van der Waals surface area contributed by atoms with Crippen LogP contribution in [-0.4, -0.2) is 36.5 Å². The van der Waals surface area contributed by atoms with E-state index in [4.69, 9.17) is 20.0 Å². The maximum atomic E-state index is 8.52. The van der Waals surface area contributed by atoms with Gasteiger partial charge in [0, 0.05) is 12.2 Å². The van der Waals surface area contributed by atoms with Crippen molar-refractivity contribution in [1.29, 1.82) is 0 Å². The maximum Gasteiger partial charge on any atom is 0.295 e. The van der Waals surface area contributed by atoms with Gasteiger partial charge in [-0.15, -0.1) is 0 Å². The van der Waals surface area contributed by atoms with Crippen molar-refractivity contribution in [3.63, 3.8) is 0 Å². The van der Waals surface area contributed by atoms with Crippen LogP contribution in [0.2, 0.25) is 0 Å². The van der Waals surface area contributed by atoms with Gasteiger partial charge in [-0.3, -0.25) is 0 Å². The summed E-state index contributed by atoms with van der Waals surface area (Å²) in [6.45, 7) is 1.43. The number of oxazole rings is 1. The van der Waals surface area contributed by atoms with Crippen LogP contribution < -0.4 is 11.1 Å². The predicted octanol–water partition coefficient (Wildman–Crippen LogP) is 0.831. The zero-order valence-electron chi connectivity index (χ0n) is 9.35. The Hall–Kier alpha value is -1.79. The lowest BCUT2D eigenvalue weighted by atomic mass is 10.3. The molecule has 6 nitrogen and oxygen atoms in total. The Balaban J connectivity index is 1.91. The quantitative estimate of drug-likeness (QED) is 0.509. The molecule has 1 aromatic heterocycles. The van der Waals surface area contributed by atoms with E-state index >= 15 is 0 Å². The first-order valence-electron chi connectivity index (χ1n) is 5.38. The first-order chi connectivity index (χ1) is 8.29. The number of aromatic nitrogens is 1. The van der Waals surface area contributed by atoms with Gasteiger partial charge in [0.1, 0.15) is 5.52 Å². The van der Waals surface area contributed by atoms with E-state index < -0.39 is 0 Å². The van der Waals surface area contributed by atoms with Crippen LogP contribution in [0.25, 0.3) is 11.1 Å². The van der Waals surface area contributed by atoms with Gasteiger partial charge in [-0.25, -0.2) is 0 Å². The van der Waals surface area contributed by atoms with Crippen molar-refractivity contribution in [3.8, 4) is 0 Å². The third kappa shape index (κ3) is 3.08. The zero-order chi connectivity index (χ0) is 12.1. The molecule has 92 valence electrons. The standard InChI is InChI=1S/C11H15N3O3/c12-8-1-2-10-9(7-8)14-11(17-10)13-3-5-16-6-4-15/h1-2,7,15H,3-6,12H2,(H,13,14). The van der Waals surface area contributed by atoms with Gasteiger partial charge in [-0.2, -0.15) is 4.98 Å². The van der Waals surface area contributed by atoms with Crippen LogP contribution in [0.5, 0.6) is 0 Å². The van der Waals surface area contributed by atoms with E-state index in [9.17, 15) is 0 Å². The van der Waals surface area contributed by atoms with E-state index in [1.54, 1.807) is 18.2 Å². The van der Waals surface area contributed by atoms with Crippen LogP contribution in [0, 0.1) is 0 Å². The number of nitrogens with zero attached hydrogens (tertiary/aromatic N) is 1.